The van der Waals surface area contributed by atoms with Gasteiger partial charge in [0.2, 0.25) is 0 Å². The van der Waals surface area contributed by atoms with Gasteiger partial charge in [-0.25, -0.2) is 4.79 Å². The van der Waals surface area contributed by atoms with E-state index in [1.807, 2.05) is 0 Å². The van der Waals surface area contributed by atoms with Gasteiger partial charge >= 0.3 is 5.97 Å². The molecule has 0 aliphatic carbocycles. The molecule has 0 fully saturated rings. The van der Waals surface area contributed by atoms with Gasteiger partial charge in [0.05, 0.1) is 10.4 Å². The summed E-state index contributed by atoms with van der Waals surface area (Å²) in [5.41, 5.74) is 0.477. The number of carbonyl (C=O) groups is 3. The first kappa shape index (κ1) is 18.7. The van der Waals surface area contributed by atoms with E-state index in [4.69, 9.17) is 9.47 Å². The molecule has 0 aliphatic rings. The molecular formula is C18H19NO5S. The van der Waals surface area contributed by atoms with Crippen molar-refractivity contribution in [3.8, 4) is 5.75 Å². The molecule has 25 heavy (non-hydrogen) atoms. The van der Waals surface area contributed by atoms with Gasteiger partial charge < -0.3 is 14.8 Å². The van der Waals surface area contributed by atoms with Crippen LogP contribution in [0.2, 0.25) is 0 Å². The van der Waals surface area contributed by atoms with Crippen molar-refractivity contribution in [2.24, 2.45) is 0 Å². The van der Waals surface area contributed by atoms with Gasteiger partial charge in [0.25, 0.3) is 5.91 Å². The lowest BCUT2D eigenvalue weighted by Gasteiger charge is -2.14. The summed E-state index contributed by atoms with van der Waals surface area (Å²) in [5, 5.41) is 4.36. The van der Waals surface area contributed by atoms with Crippen LogP contribution in [0.1, 0.15) is 33.9 Å². The monoisotopic (exact) mass is 361 g/mol. The van der Waals surface area contributed by atoms with Crippen LogP contribution < -0.4 is 10.1 Å². The SMILES string of the molecule is CC(=O)c1ccccc1OCCOC(=O)C(C)NC(=O)c1cccs1. The summed E-state index contributed by atoms with van der Waals surface area (Å²) in [5.74, 6) is -0.512. The third-order valence-electron chi connectivity index (χ3n) is 3.30. The Hall–Kier alpha value is -2.67. The van der Waals surface area contributed by atoms with Gasteiger partial charge in [0.1, 0.15) is 25.0 Å². The van der Waals surface area contributed by atoms with Crippen LogP contribution in [0.25, 0.3) is 0 Å². The van der Waals surface area contributed by atoms with E-state index >= 15 is 0 Å². The fourth-order valence-electron chi connectivity index (χ4n) is 2.04. The quantitative estimate of drug-likeness (QED) is 0.444. The van der Waals surface area contributed by atoms with Crippen LogP contribution in [-0.2, 0) is 9.53 Å². The van der Waals surface area contributed by atoms with Crippen molar-refractivity contribution < 1.29 is 23.9 Å². The fraction of sp³-hybridized carbons (Fsp3) is 0.278. The van der Waals surface area contributed by atoms with Gasteiger partial charge in [-0.05, 0) is 37.4 Å². The number of carbonyl (C=O) groups excluding carboxylic acids is 3. The van der Waals surface area contributed by atoms with Crippen LogP contribution in [0.3, 0.4) is 0 Å². The topological polar surface area (TPSA) is 81.7 Å². The number of para-hydroxylation sites is 1. The van der Waals surface area contributed by atoms with Crippen molar-refractivity contribution in [2.75, 3.05) is 13.2 Å². The highest BCUT2D eigenvalue weighted by molar-refractivity contribution is 7.12. The van der Waals surface area contributed by atoms with Gasteiger partial charge in [-0.15, -0.1) is 11.3 Å². The zero-order valence-corrected chi connectivity index (χ0v) is 14.8. The highest BCUT2D eigenvalue weighted by Gasteiger charge is 2.18. The van der Waals surface area contributed by atoms with E-state index in [2.05, 4.69) is 5.32 Å². The number of benzene rings is 1. The first-order valence-corrected chi connectivity index (χ1v) is 8.60. The molecule has 0 saturated carbocycles. The Morgan fingerprint density at radius 1 is 1.12 bits per heavy atom. The molecule has 132 valence electrons. The lowest BCUT2D eigenvalue weighted by molar-refractivity contribution is -0.146. The molecule has 7 heteroatoms. The zero-order chi connectivity index (χ0) is 18.2. The van der Waals surface area contributed by atoms with Crippen LogP contribution in [-0.4, -0.2) is 36.9 Å². The maximum Gasteiger partial charge on any atom is 0.328 e. The number of Topliss-reactive ketones (excluding diaryl/α,β-unsaturated/α-hetero) is 1. The molecule has 2 rings (SSSR count). The lowest BCUT2D eigenvalue weighted by Crippen LogP contribution is -2.39. The molecule has 0 aliphatic heterocycles. The number of amides is 1. The number of hydrogen-bond acceptors (Lipinski definition) is 6. The summed E-state index contributed by atoms with van der Waals surface area (Å²) in [6.07, 6.45) is 0. The second-order valence-corrected chi connectivity index (χ2v) is 6.19. The number of thiophene rings is 1. The Balaban J connectivity index is 1.75. The van der Waals surface area contributed by atoms with Crippen molar-refractivity contribution in [3.63, 3.8) is 0 Å². The van der Waals surface area contributed by atoms with Crippen molar-refractivity contribution in [1.82, 2.24) is 5.32 Å². The minimum atomic E-state index is -0.765. The van der Waals surface area contributed by atoms with Crippen LogP contribution in [0.5, 0.6) is 5.75 Å². The number of nitrogens with one attached hydrogen (secondary N) is 1. The van der Waals surface area contributed by atoms with E-state index in [1.165, 1.54) is 18.3 Å². The minimum absolute atomic E-state index is 0.0181. The van der Waals surface area contributed by atoms with Gasteiger partial charge in [-0.2, -0.15) is 0 Å². The van der Waals surface area contributed by atoms with Crippen molar-refractivity contribution in [3.05, 3.63) is 52.2 Å². The molecule has 0 spiro atoms. The Morgan fingerprint density at radius 2 is 1.88 bits per heavy atom. The van der Waals surface area contributed by atoms with Gasteiger partial charge in [0, 0.05) is 0 Å². The van der Waals surface area contributed by atoms with E-state index in [1.54, 1.807) is 48.7 Å². The van der Waals surface area contributed by atoms with Crippen LogP contribution in [0.4, 0.5) is 0 Å². The molecule has 6 nitrogen and oxygen atoms in total. The molecule has 1 N–H and O–H groups in total. The predicted octanol–water partition coefficient (Wildman–Crippen LogP) is 2.69. The van der Waals surface area contributed by atoms with E-state index in [-0.39, 0.29) is 24.9 Å². The molecule has 0 saturated heterocycles. The van der Waals surface area contributed by atoms with Crippen molar-refractivity contribution >= 4 is 29.0 Å². The van der Waals surface area contributed by atoms with Crippen molar-refractivity contribution in [2.45, 2.75) is 19.9 Å². The number of ether oxygens (including phenoxy) is 2. The van der Waals surface area contributed by atoms with E-state index < -0.39 is 12.0 Å². The average Bonchev–Trinajstić information content (AvgIpc) is 3.13. The largest absolute Gasteiger partial charge is 0.489 e. The summed E-state index contributed by atoms with van der Waals surface area (Å²) >= 11 is 1.30. The Labute approximate surface area is 149 Å². The maximum absolute atomic E-state index is 11.9. The molecule has 1 atom stereocenters. The number of ketones is 1. The lowest BCUT2D eigenvalue weighted by atomic mass is 10.1. The molecule has 1 amide bonds. The number of hydrogen-bond donors (Lipinski definition) is 1. The van der Waals surface area contributed by atoms with Gasteiger partial charge in [0.15, 0.2) is 5.78 Å². The molecule has 1 aromatic carbocycles. The molecular weight excluding hydrogens is 342 g/mol. The summed E-state index contributed by atoms with van der Waals surface area (Å²) < 4.78 is 10.6. The third kappa shape index (κ3) is 5.42. The first-order valence-electron chi connectivity index (χ1n) is 7.73. The average molecular weight is 361 g/mol. The van der Waals surface area contributed by atoms with E-state index in [0.717, 1.165) is 0 Å². The van der Waals surface area contributed by atoms with Crippen molar-refractivity contribution in [1.29, 1.82) is 0 Å². The summed E-state index contributed by atoms with van der Waals surface area (Å²) in [6.45, 7) is 3.14. The Morgan fingerprint density at radius 3 is 2.56 bits per heavy atom. The summed E-state index contributed by atoms with van der Waals surface area (Å²) in [6, 6.07) is 9.54. The summed E-state index contributed by atoms with van der Waals surface area (Å²) in [7, 11) is 0. The first-order chi connectivity index (χ1) is 12.0. The highest BCUT2D eigenvalue weighted by Crippen LogP contribution is 2.18. The Kier molecular flexibility index (Phi) is 6.71. The Bertz CT molecular complexity index is 742. The standard InChI is InChI=1S/C18H19NO5S/c1-12(19-17(21)16-8-5-11-25-16)18(22)24-10-9-23-15-7-4-3-6-14(15)13(2)20/h3-8,11-12H,9-10H2,1-2H3,(H,19,21). The van der Waals surface area contributed by atoms with Crippen LogP contribution in [0, 0.1) is 0 Å². The molecule has 1 unspecified atom stereocenters. The number of esters is 1. The van der Waals surface area contributed by atoms with Crippen LogP contribution >= 0.6 is 11.3 Å². The molecule has 0 bridgehead atoms. The smallest absolute Gasteiger partial charge is 0.328 e. The van der Waals surface area contributed by atoms with E-state index in [9.17, 15) is 14.4 Å². The zero-order valence-electron chi connectivity index (χ0n) is 14.0. The minimum Gasteiger partial charge on any atom is -0.489 e. The second kappa shape index (κ2) is 8.98. The molecule has 2 aromatic rings. The highest BCUT2D eigenvalue weighted by atomic mass is 32.1. The molecule has 0 radical (unpaired) electrons. The molecule has 1 aromatic heterocycles. The van der Waals surface area contributed by atoms with Gasteiger partial charge in [-0.1, -0.05) is 18.2 Å². The normalized spacial score (nSPS) is 11.4. The number of rotatable bonds is 8. The molecule has 1 heterocycles. The maximum atomic E-state index is 11.9. The summed E-state index contributed by atoms with van der Waals surface area (Å²) in [4.78, 5) is 35.8. The second-order valence-electron chi connectivity index (χ2n) is 5.24. The fourth-order valence-corrected chi connectivity index (χ4v) is 2.66. The third-order valence-corrected chi connectivity index (χ3v) is 4.17. The van der Waals surface area contributed by atoms with E-state index in [0.29, 0.717) is 16.2 Å². The van der Waals surface area contributed by atoms with Crippen LogP contribution in [0.15, 0.2) is 41.8 Å². The predicted molar refractivity (Wildman–Crippen MR) is 94.1 cm³/mol. The van der Waals surface area contributed by atoms with Gasteiger partial charge in [-0.3, -0.25) is 9.59 Å².